The molecule has 0 aliphatic heterocycles. The summed E-state index contributed by atoms with van der Waals surface area (Å²) in [6.07, 6.45) is 0. The predicted molar refractivity (Wildman–Crippen MR) is 76.3 cm³/mol. The van der Waals surface area contributed by atoms with E-state index >= 15 is 0 Å². The zero-order chi connectivity index (χ0) is 13.0. The number of hydrogen-bond donors (Lipinski definition) is 1. The SMILES string of the molecule is CCSCc1nc(-c2cccc(C(=O)O)c2)cs1. The Morgan fingerprint density at radius 3 is 3.06 bits per heavy atom. The number of aromatic nitrogens is 1. The first-order valence-electron chi connectivity index (χ1n) is 5.56. The van der Waals surface area contributed by atoms with Crippen LogP contribution < -0.4 is 0 Å². The van der Waals surface area contributed by atoms with Gasteiger partial charge in [0.1, 0.15) is 5.01 Å². The first kappa shape index (κ1) is 13.1. The first-order valence-corrected chi connectivity index (χ1v) is 7.60. The lowest BCUT2D eigenvalue weighted by molar-refractivity contribution is 0.0697. The molecule has 2 aromatic rings. The van der Waals surface area contributed by atoms with Gasteiger partial charge in [-0.3, -0.25) is 0 Å². The lowest BCUT2D eigenvalue weighted by Crippen LogP contribution is -1.95. The quantitative estimate of drug-likeness (QED) is 0.905. The van der Waals surface area contributed by atoms with Crippen molar-refractivity contribution >= 4 is 29.1 Å². The summed E-state index contributed by atoms with van der Waals surface area (Å²) in [6.45, 7) is 2.12. The Morgan fingerprint density at radius 2 is 2.33 bits per heavy atom. The van der Waals surface area contributed by atoms with Crippen molar-refractivity contribution in [3.63, 3.8) is 0 Å². The van der Waals surface area contributed by atoms with Crippen LogP contribution in [0.4, 0.5) is 0 Å². The normalized spacial score (nSPS) is 10.5. The molecule has 0 spiro atoms. The molecule has 0 atom stereocenters. The fourth-order valence-corrected chi connectivity index (χ4v) is 3.06. The molecule has 0 aliphatic rings. The highest BCUT2D eigenvalue weighted by molar-refractivity contribution is 7.98. The van der Waals surface area contributed by atoms with Gasteiger partial charge in [0.2, 0.25) is 0 Å². The Balaban J connectivity index is 2.23. The molecule has 0 fully saturated rings. The summed E-state index contributed by atoms with van der Waals surface area (Å²) in [6, 6.07) is 6.89. The summed E-state index contributed by atoms with van der Waals surface area (Å²) >= 11 is 3.45. The number of carbonyl (C=O) groups is 1. The zero-order valence-corrected chi connectivity index (χ0v) is 11.6. The summed E-state index contributed by atoms with van der Waals surface area (Å²) < 4.78 is 0. The molecule has 0 aliphatic carbocycles. The second-order valence-corrected chi connectivity index (χ2v) is 5.87. The topological polar surface area (TPSA) is 50.2 Å². The Labute approximate surface area is 114 Å². The third-order valence-corrected chi connectivity index (χ3v) is 4.30. The third-order valence-electron chi connectivity index (χ3n) is 2.39. The lowest BCUT2D eigenvalue weighted by atomic mass is 10.1. The van der Waals surface area contributed by atoms with E-state index < -0.39 is 5.97 Å². The number of aromatic carboxylic acids is 1. The Kier molecular flexibility index (Phi) is 4.38. The Hall–Kier alpha value is -1.33. The van der Waals surface area contributed by atoms with Crippen LogP contribution in [0.2, 0.25) is 0 Å². The van der Waals surface area contributed by atoms with Crippen molar-refractivity contribution in [2.45, 2.75) is 12.7 Å². The molecular formula is C13H13NO2S2. The lowest BCUT2D eigenvalue weighted by Gasteiger charge is -1.99. The maximum Gasteiger partial charge on any atom is 0.335 e. The molecule has 0 unspecified atom stereocenters. The molecule has 3 nitrogen and oxygen atoms in total. The molecule has 0 saturated heterocycles. The van der Waals surface area contributed by atoms with E-state index in [4.69, 9.17) is 5.11 Å². The maximum atomic E-state index is 10.9. The number of thioether (sulfide) groups is 1. The van der Waals surface area contributed by atoms with Crippen LogP contribution in [0.5, 0.6) is 0 Å². The van der Waals surface area contributed by atoms with Crippen LogP contribution >= 0.6 is 23.1 Å². The largest absolute Gasteiger partial charge is 0.478 e. The van der Waals surface area contributed by atoms with Gasteiger partial charge in [0.05, 0.1) is 11.3 Å². The highest BCUT2D eigenvalue weighted by Gasteiger charge is 2.08. The number of hydrogen-bond acceptors (Lipinski definition) is 4. The van der Waals surface area contributed by atoms with Crippen molar-refractivity contribution in [2.24, 2.45) is 0 Å². The van der Waals surface area contributed by atoms with Gasteiger partial charge in [0, 0.05) is 16.7 Å². The summed E-state index contributed by atoms with van der Waals surface area (Å²) in [7, 11) is 0. The summed E-state index contributed by atoms with van der Waals surface area (Å²) in [5, 5.41) is 12.0. The number of benzene rings is 1. The molecule has 94 valence electrons. The van der Waals surface area contributed by atoms with Gasteiger partial charge in [-0.1, -0.05) is 19.1 Å². The molecule has 18 heavy (non-hydrogen) atoms. The van der Waals surface area contributed by atoms with Gasteiger partial charge in [0.15, 0.2) is 0 Å². The molecule has 2 rings (SSSR count). The van der Waals surface area contributed by atoms with Crippen molar-refractivity contribution in [3.8, 4) is 11.3 Å². The number of carboxylic acids is 1. The van der Waals surface area contributed by atoms with Crippen LogP contribution in [0.3, 0.4) is 0 Å². The van der Waals surface area contributed by atoms with Gasteiger partial charge in [-0.15, -0.1) is 11.3 Å². The van der Waals surface area contributed by atoms with Gasteiger partial charge in [-0.2, -0.15) is 11.8 Å². The maximum absolute atomic E-state index is 10.9. The summed E-state index contributed by atoms with van der Waals surface area (Å²) in [5.41, 5.74) is 2.01. The fourth-order valence-electron chi connectivity index (χ4n) is 1.51. The van der Waals surface area contributed by atoms with E-state index in [0.717, 1.165) is 27.8 Å². The van der Waals surface area contributed by atoms with E-state index in [9.17, 15) is 4.79 Å². The molecule has 5 heteroatoms. The predicted octanol–water partition coefficient (Wildman–Crippen LogP) is 3.76. The molecule has 0 saturated carbocycles. The van der Waals surface area contributed by atoms with Crippen molar-refractivity contribution in [2.75, 3.05) is 5.75 Å². The molecule has 1 N–H and O–H groups in total. The molecule has 0 radical (unpaired) electrons. The Morgan fingerprint density at radius 1 is 1.50 bits per heavy atom. The van der Waals surface area contributed by atoms with Crippen molar-refractivity contribution < 1.29 is 9.90 Å². The fraction of sp³-hybridized carbons (Fsp3) is 0.231. The van der Waals surface area contributed by atoms with E-state index in [1.807, 2.05) is 23.2 Å². The van der Waals surface area contributed by atoms with Gasteiger partial charge in [0.25, 0.3) is 0 Å². The van der Waals surface area contributed by atoms with E-state index in [1.165, 1.54) is 0 Å². The molecule has 0 bridgehead atoms. The minimum Gasteiger partial charge on any atom is -0.478 e. The zero-order valence-electron chi connectivity index (χ0n) is 9.92. The van der Waals surface area contributed by atoms with E-state index in [2.05, 4.69) is 11.9 Å². The average molecular weight is 279 g/mol. The van der Waals surface area contributed by atoms with Crippen LogP contribution in [-0.2, 0) is 5.75 Å². The van der Waals surface area contributed by atoms with Crippen molar-refractivity contribution in [3.05, 3.63) is 40.2 Å². The summed E-state index contributed by atoms with van der Waals surface area (Å²) in [4.78, 5) is 15.4. The second kappa shape index (κ2) is 6.02. The minimum atomic E-state index is -0.908. The van der Waals surface area contributed by atoms with Crippen LogP contribution in [0.1, 0.15) is 22.3 Å². The van der Waals surface area contributed by atoms with Gasteiger partial charge < -0.3 is 5.11 Å². The number of nitrogens with zero attached hydrogens (tertiary/aromatic N) is 1. The first-order chi connectivity index (χ1) is 8.70. The van der Waals surface area contributed by atoms with Crippen LogP contribution in [-0.4, -0.2) is 21.8 Å². The standard InChI is InChI=1S/C13H13NO2S2/c1-2-17-8-12-14-11(7-18-12)9-4-3-5-10(6-9)13(15)16/h3-7H,2,8H2,1H3,(H,15,16). The smallest absolute Gasteiger partial charge is 0.335 e. The third kappa shape index (κ3) is 3.11. The van der Waals surface area contributed by atoms with Gasteiger partial charge in [-0.25, -0.2) is 9.78 Å². The molecule has 1 aromatic carbocycles. The van der Waals surface area contributed by atoms with Crippen LogP contribution in [0.15, 0.2) is 29.6 Å². The highest BCUT2D eigenvalue weighted by atomic mass is 32.2. The monoisotopic (exact) mass is 279 g/mol. The van der Waals surface area contributed by atoms with E-state index in [0.29, 0.717) is 5.56 Å². The minimum absolute atomic E-state index is 0.296. The number of carboxylic acid groups (broad SMARTS) is 1. The highest BCUT2D eigenvalue weighted by Crippen LogP contribution is 2.25. The van der Waals surface area contributed by atoms with Crippen LogP contribution in [0.25, 0.3) is 11.3 Å². The number of thiazole rings is 1. The van der Waals surface area contributed by atoms with Crippen molar-refractivity contribution in [1.29, 1.82) is 0 Å². The van der Waals surface area contributed by atoms with Gasteiger partial charge >= 0.3 is 5.97 Å². The second-order valence-electron chi connectivity index (χ2n) is 3.65. The molecule has 1 aromatic heterocycles. The van der Waals surface area contributed by atoms with Gasteiger partial charge in [-0.05, 0) is 17.9 Å². The molecule has 0 amide bonds. The van der Waals surface area contributed by atoms with Crippen LogP contribution in [0, 0.1) is 0 Å². The molecular weight excluding hydrogens is 266 g/mol. The van der Waals surface area contributed by atoms with E-state index in [-0.39, 0.29) is 0 Å². The molecule has 1 heterocycles. The average Bonchev–Trinajstić information content (AvgIpc) is 2.85. The Bertz CT molecular complexity index is 551. The summed E-state index contributed by atoms with van der Waals surface area (Å²) in [5.74, 6) is 1.08. The van der Waals surface area contributed by atoms with E-state index in [1.54, 1.807) is 29.5 Å². The van der Waals surface area contributed by atoms with Crippen molar-refractivity contribution in [1.82, 2.24) is 4.98 Å². The number of rotatable bonds is 5.